The average Bonchev–Trinajstić information content (AvgIpc) is 2.42. The number of halogens is 5. The molecule has 0 saturated carbocycles. The van der Waals surface area contributed by atoms with Crippen molar-refractivity contribution in [1.29, 1.82) is 0 Å². The van der Waals surface area contributed by atoms with Crippen LogP contribution < -0.4 is 10.7 Å². The zero-order valence-electron chi connectivity index (χ0n) is 12.3. The lowest BCUT2D eigenvalue weighted by molar-refractivity contribution is -0.144. The number of nitrogens with zero attached hydrogens (tertiary/aromatic N) is 2. The molecule has 0 bridgehead atoms. The molecule has 5 nitrogen and oxygen atoms in total. The van der Waals surface area contributed by atoms with Gasteiger partial charge in [0.2, 0.25) is 11.3 Å². The fraction of sp³-hybridized carbons (Fsp3) is 0.214. The molecule has 0 spiro atoms. The molecule has 24 heavy (non-hydrogen) atoms. The minimum atomic E-state index is -4.78. The first-order valence-corrected chi connectivity index (χ1v) is 6.81. The molecule has 2 aromatic rings. The van der Waals surface area contributed by atoms with E-state index in [1.54, 1.807) is 0 Å². The Bertz CT molecular complexity index is 878. The molecule has 128 valence electrons. The van der Waals surface area contributed by atoms with Crippen molar-refractivity contribution in [2.24, 2.45) is 7.05 Å². The van der Waals surface area contributed by atoms with Crippen molar-refractivity contribution >= 4 is 23.2 Å². The first-order chi connectivity index (χ1) is 11.0. The third-order valence-electron chi connectivity index (χ3n) is 3.01. The Morgan fingerprint density at radius 3 is 2.46 bits per heavy atom. The van der Waals surface area contributed by atoms with Crippen LogP contribution in [0.3, 0.4) is 0 Å². The molecule has 0 radical (unpaired) electrons. The molecular weight excluding hydrogens is 354 g/mol. The van der Waals surface area contributed by atoms with Crippen LogP contribution in [0.5, 0.6) is 0 Å². The van der Waals surface area contributed by atoms with Gasteiger partial charge in [0.15, 0.2) is 0 Å². The summed E-state index contributed by atoms with van der Waals surface area (Å²) >= 11 is 5.78. The zero-order valence-corrected chi connectivity index (χ0v) is 13.1. The van der Waals surface area contributed by atoms with E-state index >= 15 is 0 Å². The highest BCUT2D eigenvalue weighted by molar-refractivity contribution is 6.33. The largest absolute Gasteiger partial charge is 0.433 e. The monoisotopic (exact) mass is 363 g/mol. The van der Waals surface area contributed by atoms with Gasteiger partial charge in [-0.05, 0) is 12.1 Å². The minimum Gasteiger partial charge on any atom is -0.325 e. The van der Waals surface area contributed by atoms with Crippen LogP contribution in [-0.4, -0.2) is 15.7 Å². The molecule has 1 heterocycles. The predicted octanol–water partition coefficient (Wildman–Crippen LogP) is 3.22. The molecule has 1 amide bonds. The molecule has 0 aliphatic rings. The Kier molecular flexibility index (Phi) is 4.66. The van der Waals surface area contributed by atoms with Gasteiger partial charge in [-0.2, -0.15) is 18.3 Å². The van der Waals surface area contributed by atoms with Gasteiger partial charge in [-0.25, -0.2) is 4.39 Å². The molecule has 0 aliphatic heterocycles. The minimum absolute atomic E-state index is 0.00400. The number of rotatable bonds is 2. The molecule has 0 fully saturated rings. The highest BCUT2D eigenvalue weighted by Crippen LogP contribution is 2.31. The summed E-state index contributed by atoms with van der Waals surface area (Å²) in [5.74, 6) is -1.46. The van der Waals surface area contributed by atoms with Crippen molar-refractivity contribution < 1.29 is 22.4 Å². The van der Waals surface area contributed by atoms with E-state index in [-0.39, 0.29) is 16.3 Å². The van der Waals surface area contributed by atoms with Crippen molar-refractivity contribution in [3.63, 3.8) is 0 Å². The summed E-state index contributed by atoms with van der Waals surface area (Å²) in [6.07, 6.45) is -4.78. The van der Waals surface area contributed by atoms with Crippen molar-refractivity contribution in [3.05, 3.63) is 45.0 Å². The van der Waals surface area contributed by atoms with Crippen LogP contribution in [0.2, 0.25) is 5.02 Å². The molecule has 0 saturated heterocycles. The van der Waals surface area contributed by atoms with Crippen molar-refractivity contribution in [3.8, 4) is 11.3 Å². The van der Waals surface area contributed by atoms with E-state index in [0.29, 0.717) is 10.7 Å². The predicted molar refractivity (Wildman–Crippen MR) is 79.2 cm³/mol. The van der Waals surface area contributed by atoms with E-state index in [0.717, 1.165) is 19.2 Å². The van der Waals surface area contributed by atoms with Gasteiger partial charge >= 0.3 is 6.18 Å². The molecule has 0 aliphatic carbocycles. The van der Waals surface area contributed by atoms with E-state index in [4.69, 9.17) is 11.6 Å². The number of alkyl halides is 3. The second-order valence-corrected chi connectivity index (χ2v) is 5.26. The number of nitrogens with one attached hydrogen (secondary N) is 1. The van der Waals surface area contributed by atoms with Crippen LogP contribution >= 0.6 is 11.6 Å². The molecule has 1 aromatic heterocycles. The van der Waals surface area contributed by atoms with Crippen LogP contribution in [0.1, 0.15) is 12.6 Å². The van der Waals surface area contributed by atoms with Crippen LogP contribution in [0, 0.1) is 5.82 Å². The summed E-state index contributed by atoms with van der Waals surface area (Å²) < 4.78 is 52.8. The molecule has 10 heteroatoms. The van der Waals surface area contributed by atoms with Crippen molar-refractivity contribution in [1.82, 2.24) is 9.78 Å². The maximum absolute atomic E-state index is 14.1. The van der Waals surface area contributed by atoms with Gasteiger partial charge < -0.3 is 5.32 Å². The topological polar surface area (TPSA) is 64.0 Å². The van der Waals surface area contributed by atoms with Crippen LogP contribution in [0.4, 0.5) is 23.2 Å². The number of amides is 1. The van der Waals surface area contributed by atoms with Gasteiger partial charge in [-0.15, -0.1) is 0 Å². The highest BCUT2D eigenvalue weighted by Gasteiger charge is 2.34. The third-order valence-corrected chi connectivity index (χ3v) is 3.33. The zero-order chi connectivity index (χ0) is 18.2. The molecule has 0 atom stereocenters. The number of anilines is 1. The Hall–Kier alpha value is -2.42. The molecule has 1 aromatic carbocycles. The van der Waals surface area contributed by atoms with Gasteiger partial charge in [-0.1, -0.05) is 11.6 Å². The third kappa shape index (κ3) is 3.56. The Labute approximate surface area is 137 Å². The van der Waals surface area contributed by atoms with E-state index in [2.05, 4.69) is 10.4 Å². The number of hydrogen-bond donors (Lipinski definition) is 1. The van der Waals surface area contributed by atoms with Gasteiger partial charge in [-0.3, -0.25) is 14.3 Å². The van der Waals surface area contributed by atoms with Gasteiger partial charge in [0.1, 0.15) is 17.2 Å². The van der Waals surface area contributed by atoms with E-state index < -0.39 is 34.7 Å². The second kappa shape index (κ2) is 6.23. The van der Waals surface area contributed by atoms with Gasteiger partial charge in [0.05, 0.1) is 10.7 Å². The SMILES string of the molecule is CC(=O)Nc1cc(-c2nn(C)c(C(F)(F)F)cc2=O)c(F)cc1Cl. The molecule has 2 rings (SSSR count). The highest BCUT2D eigenvalue weighted by atomic mass is 35.5. The smallest absolute Gasteiger partial charge is 0.325 e. The van der Waals surface area contributed by atoms with E-state index in [1.807, 2.05) is 0 Å². The number of carbonyl (C=O) groups excluding carboxylic acids is 1. The van der Waals surface area contributed by atoms with Crippen LogP contribution in [0.15, 0.2) is 23.0 Å². The lowest BCUT2D eigenvalue weighted by Gasteiger charge is -2.13. The van der Waals surface area contributed by atoms with Crippen LogP contribution in [0.25, 0.3) is 11.3 Å². The lowest BCUT2D eigenvalue weighted by atomic mass is 10.1. The summed E-state index contributed by atoms with van der Waals surface area (Å²) in [6.45, 7) is 1.19. The number of aromatic nitrogens is 2. The van der Waals surface area contributed by atoms with E-state index in [1.165, 1.54) is 6.92 Å². The standard InChI is InChI=1S/C14H10ClF4N3O2/c1-6(23)20-10-3-7(9(16)4-8(10)15)13-11(24)5-12(14(17,18)19)22(2)21-13/h3-5H,1-2H3,(H,20,23). The van der Waals surface area contributed by atoms with E-state index in [9.17, 15) is 27.2 Å². The second-order valence-electron chi connectivity index (χ2n) is 4.86. The number of carbonyl (C=O) groups is 1. The van der Waals surface area contributed by atoms with Crippen molar-refractivity contribution in [2.75, 3.05) is 5.32 Å². The number of benzene rings is 1. The normalized spacial score (nSPS) is 11.5. The Morgan fingerprint density at radius 2 is 1.92 bits per heavy atom. The summed E-state index contributed by atoms with van der Waals surface area (Å²) in [4.78, 5) is 23.1. The fourth-order valence-electron chi connectivity index (χ4n) is 2.01. The maximum atomic E-state index is 14.1. The quantitative estimate of drug-likeness (QED) is 0.833. The average molecular weight is 364 g/mol. The molecular formula is C14H10ClF4N3O2. The van der Waals surface area contributed by atoms with Gasteiger partial charge in [0.25, 0.3) is 0 Å². The molecule has 1 N–H and O–H groups in total. The van der Waals surface area contributed by atoms with Gasteiger partial charge in [0, 0.05) is 25.6 Å². The maximum Gasteiger partial charge on any atom is 0.433 e. The summed E-state index contributed by atoms with van der Waals surface area (Å²) in [5.41, 5.74) is -3.30. The number of hydrogen-bond acceptors (Lipinski definition) is 3. The fourth-order valence-corrected chi connectivity index (χ4v) is 2.20. The number of aryl methyl sites for hydroxylation is 1. The van der Waals surface area contributed by atoms with Crippen LogP contribution in [-0.2, 0) is 18.0 Å². The molecule has 0 unspecified atom stereocenters. The lowest BCUT2D eigenvalue weighted by Crippen LogP contribution is -2.23. The van der Waals surface area contributed by atoms with Crippen molar-refractivity contribution in [2.45, 2.75) is 13.1 Å². The first-order valence-electron chi connectivity index (χ1n) is 6.43. The summed E-state index contributed by atoms with van der Waals surface area (Å²) in [5, 5.41) is 5.71. The summed E-state index contributed by atoms with van der Waals surface area (Å²) in [6, 6.07) is 2.20. The first kappa shape index (κ1) is 17.9. The summed E-state index contributed by atoms with van der Waals surface area (Å²) in [7, 11) is 0.980. The Balaban J connectivity index is 2.67. The Morgan fingerprint density at radius 1 is 1.29 bits per heavy atom.